The minimum atomic E-state index is -0.959. The number of unbranched alkanes of at least 4 members (excludes halogenated alkanes) is 11. The lowest BCUT2D eigenvalue weighted by atomic mass is 10.1. The van der Waals surface area contributed by atoms with Crippen molar-refractivity contribution in [1.82, 2.24) is 0 Å². The van der Waals surface area contributed by atoms with Crippen molar-refractivity contribution < 1.29 is 15.0 Å². The number of hydrogen-bond acceptors (Lipinski definition) is 3. The Labute approximate surface area is 166 Å². The van der Waals surface area contributed by atoms with Gasteiger partial charge < -0.3 is 15.9 Å². The van der Waals surface area contributed by atoms with Crippen molar-refractivity contribution in [3.63, 3.8) is 0 Å². The normalized spacial score (nSPS) is 11.5. The minimum Gasteiger partial charge on any atom is -0.480 e. The third-order valence-corrected chi connectivity index (χ3v) is 4.63. The number of benzene rings is 1. The van der Waals surface area contributed by atoms with Crippen molar-refractivity contribution in [2.45, 2.75) is 96.4 Å². The number of hydrogen-bond donors (Lipinski definition) is 3. The van der Waals surface area contributed by atoms with Crippen molar-refractivity contribution >= 4 is 5.97 Å². The van der Waals surface area contributed by atoms with E-state index in [1.807, 2.05) is 30.3 Å². The summed E-state index contributed by atoms with van der Waals surface area (Å²) >= 11 is 0. The summed E-state index contributed by atoms with van der Waals surface area (Å²) in [6.45, 7) is 2.64. The molecule has 1 unspecified atom stereocenters. The molecule has 0 saturated carbocycles. The predicted octanol–water partition coefficient (Wildman–Crippen LogP) is 5.32. The van der Waals surface area contributed by atoms with Gasteiger partial charge in [-0.3, -0.25) is 4.79 Å². The van der Waals surface area contributed by atoms with Gasteiger partial charge in [-0.25, -0.2) is 0 Å². The molecular formula is C23H41NO3. The highest BCUT2D eigenvalue weighted by molar-refractivity contribution is 5.73. The van der Waals surface area contributed by atoms with Crippen molar-refractivity contribution in [1.29, 1.82) is 0 Å². The molecule has 0 heterocycles. The van der Waals surface area contributed by atoms with Gasteiger partial charge in [0.1, 0.15) is 6.04 Å². The van der Waals surface area contributed by atoms with Gasteiger partial charge in [-0.1, -0.05) is 108 Å². The van der Waals surface area contributed by atoms with Crippen molar-refractivity contribution in [3.05, 3.63) is 35.9 Å². The van der Waals surface area contributed by atoms with Crippen LogP contribution in [0.2, 0.25) is 0 Å². The molecule has 0 bridgehead atoms. The molecular weight excluding hydrogens is 338 g/mol. The highest BCUT2D eigenvalue weighted by atomic mass is 16.4. The number of nitrogens with two attached hydrogens (primary N) is 1. The fourth-order valence-electron chi connectivity index (χ4n) is 2.91. The van der Waals surface area contributed by atoms with Gasteiger partial charge in [0.2, 0.25) is 0 Å². The quantitative estimate of drug-likeness (QED) is 0.360. The van der Waals surface area contributed by atoms with E-state index in [9.17, 15) is 4.79 Å². The Bertz CT molecular complexity index is 425. The van der Waals surface area contributed by atoms with Crippen LogP contribution in [0.25, 0.3) is 0 Å². The number of aliphatic hydroxyl groups is 1. The van der Waals surface area contributed by atoms with E-state index in [0.29, 0.717) is 13.0 Å². The van der Waals surface area contributed by atoms with E-state index >= 15 is 0 Å². The molecule has 0 aliphatic carbocycles. The SMILES string of the molecule is CCCCCCCCCCCCCCO.NC(Cc1ccccc1)C(=O)O. The van der Waals surface area contributed by atoms with Gasteiger partial charge in [0, 0.05) is 6.61 Å². The zero-order valence-electron chi connectivity index (χ0n) is 17.2. The van der Waals surface area contributed by atoms with Crippen LogP contribution in [0.4, 0.5) is 0 Å². The summed E-state index contributed by atoms with van der Waals surface area (Å²) in [6.07, 6.45) is 16.6. The third-order valence-electron chi connectivity index (χ3n) is 4.63. The van der Waals surface area contributed by atoms with Gasteiger partial charge in [-0.2, -0.15) is 0 Å². The highest BCUT2D eigenvalue weighted by Crippen LogP contribution is 2.11. The first kappa shape index (κ1) is 25.6. The Morgan fingerprint density at radius 2 is 1.30 bits per heavy atom. The van der Waals surface area contributed by atoms with Gasteiger partial charge in [0.05, 0.1) is 0 Å². The molecule has 4 heteroatoms. The molecule has 156 valence electrons. The second-order valence-corrected chi connectivity index (χ2v) is 7.25. The highest BCUT2D eigenvalue weighted by Gasteiger charge is 2.10. The molecule has 1 aromatic rings. The van der Waals surface area contributed by atoms with E-state index in [-0.39, 0.29) is 0 Å². The maximum Gasteiger partial charge on any atom is 0.320 e. The first-order chi connectivity index (χ1) is 13.1. The van der Waals surface area contributed by atoms with Gasteiger partial charge in [0.25, 0.3) is 0 Å². The van der Waals surface area contributed by atoms with Gasteiger partial charge in [-0.15, -0.1) is 0 Å². The number of rotatable bonds is 15. The number of carbonyl (C=O) groups is 1. The zero-order chi connectivity index (χ0) is 20.2. The van der Waals surface area contributed by atoms with Crippen LogP contribution in [0.3, 0.4) is 0 Å². The van der Waals surface area contributed by atoms with Gasteiger partial charge in [0.15, 0.2) is 0 Å². The van der Waals surface area contributed by atoms with Crippen LogP contribution < -0.4 is 5.73 Å². The van der Waals surface area contributed by atoms with Crippen LogP contribution >= 0.6 is 0 Å². The molecule has 4 N–H and O–H groups in total. The molecule has 27 heavy (non-hydrogen) atoms. The standard InChI is InChI=1S/C14H30O.C9H11NO2/c1-2-3-4-5-6-7-8-9-10-11-12-13-14-15;10-8(9(11)12)6-7-4-2-1-3-5-7/h15H,2-14H2,1H3;1-5,8H,6,10H2,(H,11,12). The first-order valence-electron chi connectivity index (χ1n) is 10.7. The third kappa shape index (κ3) is 17.8. The number of carboxylic acid groups (broad SMARTS) is 1. The van der Waals surface area contributed by atoms with E-state index in [1.165, 1.54) is 70.6 Å². The maximum absolute atomic E-state index is 10.4. The largest absolute Gasteiger partial charge is 0.480 e. The van der Waals surface area contributed by atoms with Crippen LogP contribution in [0.1, 0.15) is 89.5 Å². The molecule has 0 radical (unpaired) electrons. The molecule has 0 spiro atoms. The van der Waals surface area contributed by atoms with Crippen LogP contribution in [0.15, 0.2) is 30.3 Å². The lowest BCUT2D eigenvalue weighted by molar-refractivity contribution is -0.138. The Morgan fingerprint density at radius 1 is 0.852 bits per heavy atom. The van der Waals surface area contributed by atoms with Crippen LogP contribution in [-0.2, 0) is 11.2 Å². The van der Waals surface area contributed by atoms with E-state index in [0.717, 1.165) is 12.0 Å². The number of aliphatic carboxylic acids is 1. The second kappa shape index (κ2) is 19.4. The predicted molar refractivity (Wildman–Crippen MR) is 114 cm³/mol. The Kier molecular flexibility index (Phi) is 18.4. The summed E-state index contributed by atoms with van der Waals surface area (Å²) < 4.78 is 0. The Hall–Kier alpha value is -1.39. The van der Waals surface area contributed by atoms with Gasteiger partial charge >= 0.3 is 5.97 Å². The summed E-state index contributed by atoms with van der Waals surface area (Å²) in [7, 11) is 0. The lowest BCUT2D eigenvalue weighted by Gasteiger charge is -2.04. The molecule has 4 nitrogen and oxygen atoms in total. The average Bonchev–Trinajstić information content (AvgIpc) is 2.67. The number of aliphatic hydroxyl groups excluding tert-OH is 1. The second-order valence-electron chi connectivity index (χ2n) is 7.25. The van der Waals surface area contributed by atoms with E-state index < -0.39 is 12.0 Å². The maximum atomic E-state index is 10.4. The summed E-state index contributed by atoms with van der Waals surface area (Å²) in [4.78, 5) is 10.4. The molecule has 0 aliphatic heterocycles. The molecule has 1 atom stereocenters. The van der Waals surface area contributed by atoms with Crippen LogP contribution in [-0.4, -0.2) is 28.8 Å². The van der Waals surface area contributed by atoms with Crippen molar-refractivity contribution in [2.75, 3.05) is 6.61 Å². The lowest BCUT2D eigenvalue weighted by Crippen LogP contribution is -2.32. The fourth-order valence-corrected chi connectivity index (χ4v) is 2.91. The van der Waals surface area contributed by atoms with E-state index in [4.69, 9.17) is 15.9 Å². The van der Waals surface area contributed by atoms with E-state index in [1.54, 1.807) is 0 Å². The summed E-state index contributed by atoms with van der Waals surface area (Å²) in [5.41, 5.74) is 6.30. The van der Waals surface area contributed by atoms with Crippen molar-refractivity contribution in [2.24, 2.45) is 5.73 Å². The Balaban J connectivity index is 0.000000511. The van der Waals surface area contributed by atoms with Gasteiger partial charge in [-0.05, 0) is 18.4 Å². The first-order valence-corrected chi connectivity index (χ1v) is 10.7. The molecule has 0 saturated heterocycles. The van der Waals surface area contributed by atoms with E-state index in [2.05, 4.69) is 6.92 Å². The number of carboxylic acids is 1. The molecule has 0 aromatic heterocycles. The molecule has 0 aliphatic rings. The topological polar surface area (TPSA) is 83.5 Å². The fraction of sp³-hybridized carbons (Fsp3) is 0.696. The summed E-state index contributed by atoms with van der Waals surface area (Å²) in [6, 6.07) is 8.54. The molecule has 1 aromatic carbocycles. The average molecular weight is 380 g/mol. The smallest absolute Gasteiger partial charge is 0.320 e. The summed E-state index contributed by atoms with van der Waals surface area (Å²) in [5.74, 6) is -0.959. The zero-order valence-corrected chi connectivity index (χ0v) is 17.2. The van der Waals surface area contributed by atoms with Crippen LogP contribution in [0, 0.1) is 0 Å². The summed E-state index contributed by atoms with van der Waals surface area (Å²) in [5, 5.41) is 17.1. The molecule has 1 rings (SSSR count). The van der Waals surface area contributed by atoms with Crippen LogP contribution in [0.5, 0.6) is 0 Å². The molecule has 0 amide bonds. The van der Waals surface area contributed by atoms with Crippen molar-refractivity contribution in [3.8, 4) is 0 Å². The monoisotopic (exact) mass is 379 g/mol. The Morgan fingerprint density at radius 3 is 1.70 bits per heavy atom. The minimum absolute atomic E-state index is 0.372. The molecule has 0 fully saturated rings.